The van der Waals surface area contributed by atoms with Crippen LogP contribution >= 0.6 is 0 Å². The second kappa shape index (κ2) is 29.1. The maximum atomic E-state index is 12.1. The van der Waals surface area contributed by atoms with E-state index in [4.69, 9.17) is 14.2 Å². The summed E-state index contributed by atoms with van der Waals surface area (Å²) in [5, 5.41) is 0. The van der Waals surface area contributed by atoms with E-state index in [1.165, 1.54) is 83.5 Å². The van der Waals surface area contributed by atoms with Gasteiger partial charge in [-0.25, -0.2) is 0 Å². The van der Waals surface area contributed by atoms with Gasteiger partial charge in [0, 0.05) is 26.5 Å². The summed E-state index contributed by atoms with van der Waals surface area (Å²) < 4.78 is 18.1. The van der Waals surface area contributed by atoms with Gasteiger partial charge in [0.05, 0.1) is 52.6 Å². The molecule has 0 fully saturated rings. The van der Waals surface area contributed by atoms with Crippen molar-refractivity contribution in [1.82, 2.24) is 4.90 Å². The fourth-order valence-electron chi connectivity index (χ4n) is 4.91. The molecule has 7 heteroatoms. The van der Waals surface area contributed by atoms with Gasteiger partial charge in [-0.1, -0.05) is 90.4 Å². The third-order valence-corrected chi connectivity index (χ3v) is 7.92. The molecule has 6 nitrogen and oxygen atoms in total. The average Bonchev–Trinajstić information content (AvgIpc) is 2.90. The van der Waals surface area contributed by atoms with Crippen LogP contribution in [0.5, 0.6) is 0 Å². The van der Waals surface area contributed by atoms with Crippen LogP contribution < -0.4 is 24.0 Å². The largest absolute Gasteiger partial charge is 1.00 e. The molecule has 0 aliphatic carbocycles. The fourth-order valence-corrected chi connectivity index (χ4v) is 4.91. The highest BCUT2D eigenvalue weighted by atomic mass is 127. The molecule has 0 aromatic rings. The Morgan fingerprint density at radius 2 is 1.30 bits per heavy atom. The van der Waals surface area contributed by atoms with E-state index in [9.17, 15) is 4.79 Å². The van der Waals surface area contributed by atoms with E-state index in [1.807, 2.05) is 0 Å². The Hall–Kier alpha value is 0.0400. The molecular weight excluding hydrogens is 615 g/mol. The lowest BCUT2D eigenvalue weighted by molar-refractivity contribution is -0.890. The molecule has 0 saturated heterocycles. The Morgan fingerprint density at radius 1 is 0.750 bits per heavy atom. The van der Waals surface area contributed by atoms with Crippen LogP contribution in [0.25, 0.3) is 0 Å². The number of carbonyl (C=O) groups is 1. The molecule has 0 spiro atoms. The maximum Gasteiger partial charge on any atom is 0.305 e. The first-order chi connectivity index (χ1) is 18.7. The average molecular weight is 685 g/mol. The Balaban J connectivity index is 0. The summed E-state index contributed by atoms with van der Waals surface area (Å²) in [6, 6.07) is 0. The molecule has 0 aromatic heterocycles. The van der Waals surface area contributed by atoms with Crippen molar-refractivity contribution in [3.05, 3.63) is 0 Å². The second-order valence-corrected chi connectivity index (χ2v) is 12.6. The van der Waals surface area contributed by atoms with Crippen molar-refractivity contribution >= 4 is 5.97 Å². The number of rotatable bonds is 29. The number of hydrogen-bond donors (Lipinski definition) is 0. The van der Waals surface area contributed by atoms with Gasteiger partial charge in [0.2, 0.25) is 0 Å². The topological polar surface area (TPSA) is 48.0 Å². The van der Waals surface area contributed by atoms with Gasteiger partial charge in [-0.3, -0.25) is 4.79 Å². The molecule has 0 radical (unpaired) electrons. The van der Waals surface area contributed by atoms with Crippen molar-refractivity contribution in [1.29, 1.82) is 0 Å². The van der Waals surface area contributed by atoms with Gasteiger partial charge in [-0.2, -0.15) is 0 Å². The second-order valence-electron chi connectivity index (χ2n) is 12.6. The summed E-state index contributed by atoms with van der Waals surface area (Å²) >= 11 is 0. The number of carbonyl (C=O) groups excluding carboxylic acids is 1. The molecular formula is C33H69IN2O4. The number of hydrogen-bond acceptors (Lipinski definition) is 5. The van der Waals surface area contributed by atoms with Crippen LogP contribution in [-0.4, -0.2) is 95.7 Å². The van der Waals surface area contributed by atoms with E-state index in [2.05, 4.69) is 46.9 Å². The van der Waals surface area contributed by atoms with Gasteiger partial charge in [-0.15, -0.1) is 0 Å². The minimum atomic E-state index is -0.0811. The molecule has 0 N–H and O–H groups in total. The van der Waals surface area contributed by atoms with Crippen molar-refractivity contribution in [3.63, 3.8) is 0 Å². The SMILES string of the molecule is CCCCCCCCCCCCCCCC(OCCCOC(=O)CCCC[N+](C)(C)CCN(C)C)C(C)OC.[I-]. The number of esters is 1. The summed E-state index contributed by atoms with van der Waals surface area (Å²) in [7, 11) is 10.5. The first-order valence-electron chi connectivity index (χ1n) is 16.5. The molecule has 0 aromatic carbocycles. The minimum absolute atomic E-state index is 0. The number of methoxy groups -OCH3 is 1. The van der Waals surface area contributed by atoms with E-state index in [1.54, 1.807) is 7.11 Å². The minimum Gasteiger partial charge on any atom is -1.00 e. The lowest BCUT2D eigenvalue weighted by atomic mass is 10.0. The zero-order chi connectivity index (χ0) is 29.2. The van der Waals surface area contributed by atoms with Crippen LogP contribution in [0.4, 0.5) is 0 Å². The lowest BCUT2D eigenvalue weighted by Crippen LogP contribution is -3.00. The molecule has 2 unspecified atom stereocenters. The normalized spacial score (nSPS) is 13.3. The number of halogens is 1. The van der Waals surface area contributed by atoms with Crippen molar-refractivity contribution in [2.24, 2.45) is 0 Å². The summed E-state index contributed by atoms with van der Waals surface area (Å²) in [6.07, 6.45) is 22.2. The smallest absolute Gasteiger partial charge is 0.305 e. The van der Waals surface area contributed by atoms with Gasteiger partial charge in [0.15, 0.2) is 0 Å². The van der Waals surface area contributed by atoms with Crippen LogP contribution in [-0.2, 0) is 19.0 Å². The summed E-state index contributed by atoms with van der Waals surface area (Å²) in [5.41, 5.74) is 0. The summed E-state index contributed by atoms with van der Waals surface area (Å²) in [6.45, 7) is 8.73. The maximum absolute atomic E-state index is 12.1. The molecule has 0 saturated carbocycles. The zero-order valence-electron chi connectivity index (χ0n) is 27.8. The molecule has 0 aliphatic heterocycles. The fraction of sp³-hybridized carbons (Fsp3) is 0.970. The third kappa shape index (κ3) is 28.2. The Kier molecular flexibility index (Phi) is 30.7. The van der Waals surface area contributed by atoms with Gasteiger partial charge in [-0.05, 0) is 40.3 Å². The van der Waals surface area contributed by atoms with Crippen molar-refractivity contribution in [2.45, 2.75) is 142 Å². The van der Waals surface area contributed by atoms with Gasteiger partial charge < -0.3 is 47.6 Å². The van der Waals surface area contributed by atoms with Crippen LogP contribution in [0.2, 0.25) is 0 Å². The van der Waals surface area contributed by atoms with Gasteiger partial charge in [0.1, 0.15) is 0 Å². The van der Waals surface area contributed by atoms with Gasteiger partial charge in [0.25, 0.3) is 0 Å². The highest BCUT2D eigenvalue weighted by Crippen LogP contribution is 2.16. The zero-order valence-corrected chi connectivity index (χ0v) is 30.0. The molecule has 242 valence electrons. The molecule has 0 amide bonds. The molecule has 40 heavy (non-hydrogen) atoms. The Labute approximate surface area is 267 Å². The molecule has 0 heterocycles. The van der Waals surface area contributed by atoms with Crippen molar-refractivity contribution < 1.29 is 47.5 Å². The Morgan fingerprint density at radius 3 is 1.82 bits per heavy atom. The Bertz CT molecular complexity index is 549. The van der Waals surface area contributed by atoms with Crippen molar-refractivity contribution in [2.75, 3.05) is 68.1 Å². The quantitative estimate of drug-likeness (QED) is 0.0498. The first kappa shape index (κ1) is 42.2. The number of ether oxygens (including phenoxy) is 3. The number of unbranched alkanes of at least 4 members (excludes halogenated alkanes) is 13. The first-order valence-corrected chi connectivity index (χ1v) is 16.5. The third-order valence-electron chi connectivity index (χ3n) is 7.92. The summed E-state index contributed by atoms with van der Waals surface area (Å²) in [5.74, 6) is -0.0811. The highest BCUT2D eigenvalue weighted by molar-refractivity contribution is 5.69. The molecule has 2 atom stereocenters. The van der Waals surface area contributed by atoms with Crippen LogP contribution in [0.1, 0.15) is 129 Å². The van der Waals surface area contributed by atoms with Crippen LogP contribution in [0.3, 0.4) is 0 Å². The van der Waals surface area contributed by atoms with Crippen LogP contribution in [0.15, 0.2) is 0 Å². The predicted octanol–water partition coefficient (Wildman–Crippen LogP) is 4.63. The molecule has 0 aliphatic rings. The number of likely N-dealkylation sites (N-methyl/N-ethyl adjacent to an activating group) is 2. The van der Waals surface area contributed by atoms with Crippen LogP contribution in [0, 0.1) is 0 Å². The number of quaternary nitrogens is 1. The standard InChI is InChI=1S/C33H69N2O4.HI/c1-8-9-10-11-12-13-14-15-16-17-18-19-20-24-32(31(2)37-7)38-29-23-30-39-33(36)25-21-22-27-35(5,6)28-26-34(3)4;/h31-32H,8-30H2,1-7H3;1H/q+1;/p-1. The molecule has 0 bridgehead atoms. The van der Waals surface area contributed by atoms with Crippen molar-refractivity contribution in [3.8, 4) is 0 Å². The lowest BCUT2D eigenvalue weighted by Gasteiger charge is -2.31. The van der Waals surface area contributed by atoms with Gasteiger partial charge >= 0.3 is 5.97 Å². The highest BCUT2D eigenvalue weighted by Gasteiger charge is 2.17. The van der Waals surface area contributed by atoms with E-state index < -0.39 is 0 Å². The monoisotopic (exact) mass is 684 g/mol. The number of nitrogens with zero attached hydrogens (tertiary/aromatic N) is 2. The summed E-state index contributed by atoms with van der Waals surface area (Å²) in [4.78, 5) is 14.3. The van der Waals surface area contributed by atoms with E-state index in [-0.39, 0.29) is 42.2 Å². The van der Waals surface area contributed by atoms with E-state index >= 15 is 0 Å². The molecule has 0 rings (SSSR count). The van der Waals surface area contributed by atoms with E-state index in [0.29, 0.717) is 19.6 Å². The van der Waals surface area contributed by atoms with E-state index in [0.717, 1.165) is 49.8 Å². The predicted molar refractivity (Wildman–Crippen MR) is 166 cm³/mol.